The summed E-state index contributed by atoms with van der Waals surface area (Å²) in [5.74, 6) is -1.13. The molecule has 1 atom stereocenters. The van der Waals surface area contributed by atoms with E-state index in [-0.39, 0.29) is 29.6 Å². The van der Waals surface area contributed by atoms with E-state index in [1.165, 1.54) is 13.8 Å². The smallest absolute Gasteiger partial charge is 0.746 e. The Hall–Kier alpha value is 0.120. The Labute approximate surface area is 106 Å². The Bertz CT molecular complexity index is 299. The molecule has 0 aromatic rings. The van der Waals surface area contributed by atoms with Gasteiger partial charge in [-0.3, -0.25) is 4.79 Å². The summed E-state index contributed by atoms with van der Waals surface area (Å²) in [6, 6.07) is 0. The van der Waals surface area contributed by atoms with Gasteiger partial charge in [0.15, 0.2) is 0 Å². The SMILES string of the molecule is C=CC(=O)NC(C(C)C)S(=O)(=O)[O-].[Na+]. The van der Waals surface area contributed by atoms with Crippen LogP contribution in [0, 0.1) is 5.92 Å². The molecular formula is C7H12NNaO4S. The van der Waals surface area contributed by atoms with Crippen LogP contribution in [0.4, 0.5) is 0 Å². The minimum absolute atomic E-state index is 0. The quantitative estimate of drug-likeness (QED) is 0.313. The summed E-state index contributed by atoms with van der Waals surface area (Å²) in [6.45, 7) is 6.21. The minimum atomic E-state index is -4.50. The predicted molar refractivity (Wildman–Crippen MR) is 46.7 cm³/mol. The van der Waals surface area contributed by atoms with Crippen LogP contribution in [0.5, 0.6) is 0 Å². The van der Waals surface area contributed by atoms with Crippen molar-refractivity contribution >= 4 is 16.0 Å². The van der Waals surface area contributed by atoms with Crippen molar-refractivity contribution in [2.75, 3.05) is 0 Å². The third kappa shape index (κ3) is 5.77. The molecule has 0 aromatic carbocycles. The fourth-order valence-electron chi connectivity index (χ4n) is 0.771. The van der Waals surface area contributed by atoms with Crippen molar-refractivity contribution in [3.8, 4) is 0 Å². The van der Waals surface area contributed by atoms with Gasteiger partial charge >= 0.3 is 29.6 Å². The number of hydrogen-bond acceptors (Lipinski definition) is 4. The van der Waals surface area contributed by atoms with Crippen LogP contribution in [-0.4, -0.2) is 24.3 Å². The molecule has 1 N–H and O–H groups in total. The van der Waals surface area contributed by atoms with Crippen LogP contribution >= 0.6 is 0 Å². The van der Waals surface area contributed by atoms with E-state index in [1.54, 1.807) is 0 Å². The molecule has 0 radical (unpaired) electrons. The number of rotatable bonds is 4. The molecule has 76 valence electrons. The summed E-state index contributed by atoms with van der Waals surface area (Å²) in [6.07, 6.45) is 0.917. The normalized spacial score (nSPS) is 12.9. The summed E-state index contributed by atoms with van der Waals surface area (Å²) in [5, 5.41) is 0.658. The molecule has 0 aromatic heterocycles. The zero-order valence-electron chi connectivity index (χ0n) is 8.48. The van der Waals surface area contributed by atoms with Gasteiger partial charge in [0.05, 0.1) is 0 Å². The molecule has 14 heavy (non-hydrogen) atoms. The molecule has 0 saturated carbocycles. The third-order valence-corrected chi connectivity index (χ3v) is 2.67. The average molecular weight is 229 g/mol. The molecule has 1 unspecified atom stereocenters. The van der Waals surface area contributed by atoms with Crippen molar-refractivity contribution < 1.29 is 47.3 Å². The standard InChI is InChI=1S/C7H13NO4S.Na/c1-4-6(9)8-7(5(2)3)13(10,11)12;/h4-5,7H,1H2,2-3H3,(H,8,9)(H,10,11,12);/q;+1/p-1. The molecule has 0 saturated heterocycles. The van der Waals surface area contributed by atoms with E-state index in [2.05, 4.69) is 6.58 Å². The van der Waals surface area contributed by atoms with Crippen LogP contribution in [0.15, 0.2) is 12.7 Å². The van der Waals surface area contributed by atoms with Gasteiger partial charge in [-0.2, -0.15) is 0 Å². The summed E-state index contributed by atoms with van der Waals surface area (Å²) in [4.78, 5) is 10.7. The first kappa shape index (κ1) is 16.5. The topological polar surface area (TPSA) is 86.3 Å². The summed E-state index contributed by atoms with van der Waals surface area (Å²) in [5.41, 5.74) is 0. The number of carbonyl (C=O) groups excluding carboxylic acids is 1. The van der Waals surface area contributed by atoms with Crippen molar-refractivity contribution in [1.82, 2.24) is 5.32 Å². The van der Waals surface area contributed by atoms with Crippen molar-refractivity contribution in [3.05, 3.63) is 12.7 Å². The Balaban J connectivity index is 0. The average Bonchev–Trinajstić information content (AvgIpc) is 1.96. The van der Waals surface area contributed by atoms with Gasteiger partial charge in [0, 0.05) is 0 Å². The first-order valence-corrected chi connectivity index (χ1v) is 5.13. The first-order valence-electron chi connectivity index (χ1n) is 3.66. The maximum absolute atomic E-state index is 10.7. The van der Waals surface area contributed by atoms with Gasteiger partial charge in [0.25, 0.3) is 0 Å². The van der Waals surface area contributed by atoms with E-state index in [1.807, 2.05) is 5.32 Å². The molecule has 0 aliphatic rings. The van der Waals surface area contributed by atoms with Crippen molar-refractivity contribution in [3.63, 3.8) is 0 Å². The fraction of sp³-hybridized carbons (Fsp3) is 0.571. The van der Waals surface area contributed by atoms with Gasteiger partial charge < -0.3 is 9.87 Å². The van der Waals surface area contributed by atoms with E-state index in [0.717, 1.165) is 6.08 Å². The fourth-order valence-corrected chi connectivity index (χ4v) is 1.70. The Morgan fingerprint density at radius 2 is 1.93 bits per heavy atom. The van der Waals surface area contributed by atoms with Gasteiger partial charge in [-0.15, -0.1) is 0 Å². The van der Waals surface area contributed by atoms with Gasteiger partial charge in [0.2, 0.25) is 5.91 Å². The Morgan fingerprint density at radius 1 is 1.50 bits per heavy atom. The maximum Gasteiger partial charge on any atom is 1.00 e. The molecule has 5 nitrogen and oxygen atoms in total. The largest absolute Gasteiger partial charge is 1.00 e. The van der Waals surface area contributed by atoms with Gasteiger partial charge in [-0.1, -0.05) is 20.4 Å². The summed E-state index contributed by atoms with van der Waals surface area (Å²) < 4.78 is 31.9. The molecule has 0 spiro atoms. The maximum atomic E-state index is 10.7. The van der Waals surface area contributed by atoms with Gasteiger partial charge in [0.1, 0.15) is 15.5 Å². The van der Waals surface area contributed by atoms with Crippen LogP contribution in [0.1, 0.15) is 13.8 Å². The molecular weight excluding hydrogens is 217 g/mol. The Kier molecular flexibility index (Phi) is 7.77. The first-order chi connectivity index (χ1) is 5.79. The van der Waals surface area contributed by atoms with Crippen LogP contribution in [0.25, 0.3) is 0 Å². The second-order valence-corrected chi connectivity index (χ2v) is 4.36. The zero-order chi connectivity index (χ0) is 10.6. The summed E-state index contributed by atoms with van der Waals surface area (Å²) in [7, 11) is -4.50. The number of hydrogen-bond donors (Lipinski definition) is 1. The van der Waals surface area contributed by atoms with Crippen molar-refractivity contribution in [1.29, 1.82) is 0 Å². The molecule has 7 heteroatoms. The predicted octanol–water partition coefficient (Wildman–Crippen LogP) is -3.18. The van der Waals surface area contributed by atoms with Crippen molar-refractivity contribution in [2.45, 2.75) is 19.2 Å². The van der Waals surface area contributed by atoms with E-state index >= 15 is 0 Å². The number of nitrogens with one attached hydrogen (secondary N) is 1. The second-order valence-electron chi connectivity index (χ2n) is 2.87. The second kappa shape index (κ2) is 6.58. The zero-order valence-corrected chi connectivity index (χ0v) is 11.3. The van der Waals surface area contributed by atoms with Gasteiger partial charge in [-0.25, -0.2) is 8.42 Å². The van der Waals surface area contributed by atoms with E-state index in [0.29, 0.717) is 0 Å². The third-order valence-electron chi connectivity index (χ3n) is 1.39. The van der Waals surface area contributed by atoms with E-state index in [9.17, 15) is 17.8 Å². The monoisotopic (exact) mass is 229 g/mol. The molecule has 0 aliphatic carbocycles. The van der Waals surface area contributed by atoms with E-state index < -0.39 is 27.3 Å². The van der Waals surface area contributed by atoms with Crippen LogP contribution in [0.3, 0.4) is 0 Å². The summed E-state index contributed by atoms with van der Waals surface area (Å²) >= 11 is 0. The van der Waals surface area contributed by atoms with Gasteiger partial charge in [-0.05, 0) is 12.0 Å². The number of amides is 1. The number of carbonyl (C=O) groups is 1. The van der Waals surface area contributed by atoms with E-state index in [4.69, 9.17) is 0 Å². The molecule has 0 bridgehead atoms. The molecule has 0 aliphatic heterocycles. The molecule has 1 amide bonds. The molecule has 0 heterocycles. The van der Waals surface area contributed by atoms with Crippen molar-refractivity contribution in [2.24, 2.45) is 5.92 Å². The van der Waals surface area contributed by atoms with Crippen LogP contribution in [0.2, 0.25) is 0 Å². The minimum Gasteiger partial charge on any atom is -0.746 e. The van der Waals surface area contributed by atoms with Crippen LogP contribution in [-0.2, 0) is 14.9 Å². The Morgan fingerprint density at radius 3 is 2.14 bits per heavy atom. The van der Waals surface area contributed by atoms with Crippen LogP contribution < -0.4 is 34.9 Å². The molecule has 0 fully saturated rings. The molecule has 0 rings (SSSR count).